The maximum absolute atomic E-state index is 9.25. The van der Waals surface area contributed by atoms with Crippen molar-refractivity contribution >= 4 is 34.9 Å². The molecule has 146 valence electrons. The van der Waals surface area contributed by atoms with Crippen molar-refractivity contribution in [2.24, 2.45) is 0 Å². The predicted octanol–water partition coefficient (Wildman–Crippen LogP) is 2.17. The van der Waals surface area contributed by atoms with E-state index in [1.165, 1.54) is 11.3 Å². The highest BCUT2D eigenvalue weighted by Gasteiger charge is 2.27. The van der Waals surface area contributed by atoms with Crippen LogP contribution in [0.25, 0.3) is 0 Å². The number of nitrogens with zero attached hydrogens (tertiary/aromatic N) is 4. The van der Waals surface area contributed by atoms with E-state index in [4.69, 9.17) is 10.2 Å². The van der Waals surface area contributed by atoms with Crippen molar-refractivity contribution in [2.75, 3.05) is 11.9 Å². The van der Waals surface area contributed by atoms with E-state index >= 15 is 0 Å². The minimum absolute atomic E-state index is 0.228. The average molecular weight is 405 g/mol. The van der Waals surface area contributed by atoms with E-state index in [0.29, 0.717) is 15.5 Å². The fourth-order valence-corrected chi connectivity index (χ4v) is 4.20. The molecule has 0 saturated carbocycles. The summed E-state index contributed by atoms with van der Waals surface area (Å²) in [5.74, 6) is 0.717. The Bertz CT molecular complexity index is 1020. The molecule has 3 heterocycles. The third-order valence-electron chi connectivity index (χ3n) is 4.99. The lowest BCUT2D eigenvalue weighted by atomic mass is 9.80. The van der Waals surface area contributed by atoms with E-state index in [1.807, 2.05) is 30.3 Å². The second kappa shape index (κ2) is 8.72. The quantitative estimate of drug-likeness (QED) is 0.540. The van der Waals surface area contributed by atoms with Gasteiger partial charge < -0.3 is 15.4 Å². The highest BCUT2D eigenvalue weighted by molar-refractivity contribution is 7.16. The lowest BCUT2D eigenvalue weighted by Crippen LogP contribution is -2.30. The molecule has 1 saturated heterocycles. The zero-order valence-corrected chi connectivity index (χ0v) is 16.5. The van der Waals surface area contributed by atoms with Crippen LogP contribution in [0.1, 0.15) is 35.0 Å². The summed E-state index contributed by atoms with van der Waals surface area (Å²) < 4.78 is 0. The largest absolute Gasteiger partial charge is 0.488 e. The van der Waals surface area contributed by atoms with Gasteiger partial charge in [-0.1, -0.05) is 41.7 Å². The third kappa shape index (κ3) is 4.63. The van der Waals surface area contributed by atoms with Gasteiger partial charge in [0.1, 0.15) is 16.8 Å². The number of nitriles is 1. The van der Waals surface area contributed by atoms with E-state index in [-0.39, 0.29) is 6.04 Å². The van der Waals surface area contributed by atoms with Gasteiger partial charge in [0.15, 0.2) is 5.13 Å². The van der Waals surface area contributed by atoms with Gasteiger partial charge >= 0.3 is 7.12 Å². The molecule has 4 rings (SSSR count). The number of anilines is 2. The Kier molecular flexibility index (Phi) is 5.88. The molecular weight excluding hydrogens is 385 g/mol. The fraction of sp³-hybridized carbons (Fsp3) is 0.250. The van der Waals surface area contributed by atoms with E-state index in [1.54, 1.807) is 18.3 Å². The third-order valence-corrected chi connectivity index (χ3v) is 5.81. The van der Waals surface area contributed by atoms with Crippen LogP contribution in [0.4, 0.5) is 10.9 Å². The topological polar surface area (TPSA) is 105 Å². The van der Waals surface area contributed by atoms with Crippen LogP contribution in [0.3, 0.4) is 0 Å². The lowest BCUT2D eigenvalue weighted by Gasteiger charge is -2.24. The number of likely N-dealkylation sites (tertiary alicyclic amines) is 1. The number of pyridine rings is 1. The van der Waals surface area contributed by atoms with Crippen LogP contribution < -0.4 is 10.8 Å². The average Bonchev–Trinajstić information content (AvgIpc) is 3.38. The first-order valence-electron chi connectivity index (χ1n) is 9.41. The van der Waals surface area contributed by atoms with E-state index in [2.05, 4.69) is 21.3 Å². The maximum atomic E-state index is 9.25. The van der Waals surface area contributed by atoms with Crippen LogP contribution in [-0.4, -0.2) is 38.6 Å². The molecule has 0 amide bonds. The molecule has 1 aromatic carbocycles. The first-order chi connectivity index (χ1) is 14.1. The molecule has 7 nitrogen and oxygen atoms in total. The summed E-state index contributed by atoms with van der Waals surface area (Å²) >= 11 is 1.30. The molecule has 29 heavy (non-hydrogen) atoms. The normalized spacial score (nSPS) is 16.5. The molecule has 0 radical (unpaired) electrons. The number of rotatable bonds is 6. The minimum Gasteiger partial charge on any atom is -0.423 e. The van der Waals surface area contributed by atoms with Crippen molar-refractivity contribution in [3.8, 4) is 6.07 Å². The summed E-state index contributed by atoms with van der Waals surface area (Å²) in [6, 6.07) is 15.6. The summed E-state index contributed by atoms with van der Waals surface area (Å²) in [6.45, 7) is 1.77. The highest BCUT2D eigenvalue weighted by atomic mass is 32.1. The zero-order valence-electron chi connectivity index (χ0n) is 15.7. The Hall–Kier alpha value is -2.77. The van der Waals surface area contributed by atoms with Crippen LogP contribution in [-0.2, 0) is 6.54 Å². The van der Waals surface area contributed by atoms with Crippen molar-refractivity contribution in [1.29, 1.82) is 5.26 Å². The Morgan fingerprint density at radius 3 is 2.79 bits per heavy atom. The number of nitrogens with one attached hydrogen (secondary N) is 1. The molecule has 0 spiro atoms. The zero-order chi connectivity index (χ0) is 20.2. The minimum atomic E-state index is -1.44. The Labute approximate surface area is 173 Å². The van der Waals surface area contributed by atoms with Crippen LogP contribution in [0, 0.1) is 11.3 Å². The van der Waals surface area contributed by atoms with Crippen molar-refractivity contribution < 1.29 is 10.0 Å². The highest BCUT2D eigenvalue weighted by Crippen LogP contribution is 2.33. The molecule has 0 bridgehead atoms. The summed E-state index contributed by atoms with van der Waals surface area (Å²) in [4.78, 5) is 11.9. The van der Waals surface area contributed by atoms with Gasteiger partial charge in [0.2, 0.25) is 0 Å². The predicted molar refractivity (Wildman–Crippen MR) is 113 cm³/mol. The summed E-state index contributed by atoms with van der Waals surface area (Å²) in [6.07, 6.45) is 3.70. The van der Waals surface area contributed by atoms with Gasteiger partial charge in [-0.25, -0.2) is 9.97 Å². The second-order valence-corrected chi connectivity index (χ2v) is 7.99. The monoisotopic (exact) mass is 405 g/mol. The van der Waals surface area contributed by atoms with Crippen LogP contribution >= 0.6 is 11.3 Å². The molecular formula is C20H20BN5O2S. The first kappa shape index (κ1) is 19.5. The smallest absolute Gasteiger partial charge is 0.423 e. The van der Waals surface area contributed by atoms with Gasteiger partial charge in [0, 0.05) is 6.54 Å². The Morgan fingerprint density at radius 2 is 2.07 bits per heavy atom. The molecule has 1 aliphatic heterocycles. The van der Waals surface area contributed by atoms with Crippen LogP contribution in [0.5, 0.6) is 0 Å². The molecule has 2 aromatic heterocycles. The molecule has 1 fully saturated rings. The lowest BCUT2D eigenvalue weighted by molar-refractivity contribution is 0.244. The summed E-state index contributed by atoms with van der Waals surface area (Å²) in [5.41, 5.74) is 2.63. The number of hydrogen-bond acceptors (Lipinski definition) is 8. The molecule has 1 atom stereocenters. The Balaban J connectivity index is 1.47. The van der Waals surface area contributed by atoms with Gasteiger partial charge in [-0.3, -0.25) is 4.90 Å². The summed E-state index contributed by atoms with van der Waals surface area (Å²) in [7, 11) is -1.44. The fourth-order valence-electron chi connectivity index (χ4n) is 3.58. The van der Waals surface area contributed by atoms with Crippen molar-refractivity contribution in [3.63, 3.8) is 0 Å². The molecule has 1 unspecified atom stereocenters. The van der Waals surface area contributed by atoms with E-state index in [0.717, 1.165) is 43.0 Å². The molecule has 0 aliphatic carbocycles. The number of benzene rings is 1. The molecule has 3 aromatic rings. The van der Waals surface area contributed by atoms with Crippen molar-refractivity contribution in [1.82, 2.24) is 14.9 Å². The van der Waals surface area contributed by atoms with Crippen molar-refractivity contribution in [2.45, 2.75) is 25.4 Å². The van der Waals surface area contributed by atoms with Gasteiger partial charge in [0.05, 0.1) is 17.9 Å². The maximum Gasteiger partial charge on any atom is 0.488 e. The van der Waals surface area contributed by atoms with E-state index in [9.17, 15) is 10.0 Å². The van der Waals surface area contributed by atoms with Gasteiger partial charge in [0.25, 0.3) is 0 Å². The standard InChI is InChI=1S/C20H20BN5O2S/c22-11-16-12-23-20(29-16)25-19-5-1-3-17(24-19)18-4-2-10-26(18)13-14-6-8-15(9-7-14)21(27)28/h1,3,5-9,12,18,27-28H,2,4,10,13H2,(H,23,24,25). The molecule has 9 heteroatoms. The summed E-state index contributed by atoms with van der Waals surface area (Å²) in [5, 5.41) is 31.3. The van der Waals surface area contributed by atoms with Crippen LogP contribution in [0.15, 0.2) is 48.7 Å². The SMILES string of the molecule is N#Cc1cnc(Nc2cccc(C3CCCN3Cc3ccc(B(O)O)cc3)n2)s1. The molecule has 1 aliphatic rings. The number of hydrogen-bond donors (Lipinski definition) is 3. The number of thiazole rings is 1. The van der Waals surface area contributed by atoms with Gasteiger partial charge in [-0.15, -0.1) is 0 Å². The second-order valence-electron chi connectivity index (χ2n) is 6.96. The van der Waals surface area contributed by atoms with Crippen molar-refractivity contribution in [3.05, 3.63) is 64.8 Å². The number of aromatic nitrogens is 2. The van der Waals surface area contributed by atoms with Gasteiger partial charge in [-0.05, 0) is 42.5 Å². The Morgan fingerprint density at radius 1 is 1.24 bits per heavy atom. The van der Waals surface area contributed by atoms with E-state index < -0.39 is 7.12 Å². The molecule has 3 N–H and O–H groups in total. The first-order valence-corrected chi connectivity index (χ1v) is 10.2. The van der Waals surface area contributed by atoms with Crippen LogP contribution in [0.2, 0.25) is 0 Å². The van der Waals surface area contributed by atoms with Gasteiger partial charge in [-0.2, -0.15) is 5.26 Å².